The highest BCUT2D eigenvalue weighted by Crippen LogP contribution is 2.36. The van der Waals surface area contributed by atoms with Crippen LogP contribution in [0.4, 0.5) is 0 Å². The van der Waals surface area contributed by atoms with Crippen LogP contribution in [0.3, 0.4) is 0 Å². The number of nitrogens with two attached hydrogens (primary N) is 1. The number of aliphatic hydroxyl groups excluding tert-OH is 1. The maximum absolute atomic E-state index is 9.71. The molecule has 3 N–H and O–H groups in total. The number of rotatable bonds is 6. The topological polar surface area (TPSA) is 55.5 Å². The van der Waals surface area contributed by atoms with Gasteiger partial charge in [0.05, 0.1) is 13.2 Å². The van der Waals surface area contributed by atoms with Crippen LogP contribution in [0.2, 0.25) is 0 Å². The Morgan fingerprint density at radius 1 is 1.30 bits per heavy atom. The average Bonchev–Trinajstić information content (AvgIpc) is 2.90. The zero-order valence-electron chi connectivity index (χ0n) is 12.9. The van der Waals surface area contributed by atoms with E-state index in [1.165, 1.54) is 16.7 Å². The molecule has 1 atom stereocenters. The first-order valence-electron chi connectivity index (χ1n) is 7.72. The van der Waals surface area contributed by atoms with Crippen molar-refractivity contribution in [2.45, 2.75) is 59.1 Å². The van der Waals surface area contributed by atoms with E-state index in [0.29, 0.717) is 5.92 Å². The van der Waals surface area contributed by atoms with Crippen LogP contribution in [0, 0.1) is 5.92 Å². The molecule has 1 aromatic rings. The molecule has 0 bridgehead atoms. The summed E-state index contributed by atoms with van der Waals surface area (Å²) in [5, 5.41) is 9.71. The van der Waals surface area contributed by atoms with E-state index in [9.17, 15) is 5.11 Å². The molecule has 0 fully saturated rings. The van der Waals surface area contributed by atoms with Gasteiger partial charge < -0.3 is 15.6 Å². The van der Waals surface area contributed by atoms with E-state index in [0.717, 1.165) is 43.6 Å². The standard InChI is InChI=1S/C17H27NO2/c1-4-14(18)9-12-8-13(10-19)16(7-11(2)3)15-5-6-20-17(12)15/h8,11,14,19H,4-7,9-10,18H2,1-3H3. The van der Waals surface area contributed by atoms with Crippen LogP contribution < -0.4 is 10.5 Å². The van der Waals surface area contributed by atoms with Crippen molar-refractivity contribution in [3.63, 3.8) is 0 Å². The van der Waals surface area contributed by atoms with Gasteiger partial charge in [0.15, 0.2) is 0 Å². The van der Waals surface area contributed by atoms with Gasteiger partial charge in [-0.15, -0.1) is 0 Å². The fourth-order valence-corrected chi connectivity index (χ4v) is 2.97. The summed E-state index contributed by atoms with van der Waals surface area (Å²) in [6.45, 7) is 7.38. The van der Waals surface area contributed by atoms with Gasteiger partial charge in [-0.1, -0.05) is 20.8 Å². The zero-order chi connectivity index (χ0) is 14.7. The summed E-state index contributed by atoms with van der Waals surface area (Å²) in [7, 11) is 0. The van der Waals surface area contributed by atoms with E-state index in [4.69, 9.17) is 10.5 Å². The van der Waals surface area contributed by atoms with Gasteiger partial charge in [0.1, 0.15) is 5.75 Å². The SMILES string of the molecule is CCC(N)Cc1cc(CO)c(CC(C)C)c2c1OCC2. The van der Waals surface area contributed by atoms with Crippen LogP contribution in [0.15, 0.2) is 6.07 Å². The van der Waals surface area contributed by atoms with Crippen LogP contribution in [-0.4, -0.2) is 17.8 Å². The van der Waals surface area contributed by atoms with Gasteiger partial charge >= 0.3 is 0 Å². The minimum Gasteiger partial charge on any atom is -0.493 e. The van der Waals surface area contributed by atoms with Crippen molar-refractivity contribution in [2.75, 3.05) is 6.61 Å². The molecule has 0 saturated heterocycles. The third kappa shape index (κ3) is 3.15. The van der Waals surface area contributed by atoms with E-state index in [2.05, 4.69) is 26.8 Å². The fourth-order valence-electron chi connectivity index (χ4n) is 2.97. The predicted octanol–water partition coefficient (Wildman–Crippen LogP) is 2.59. The summed E-state index contributed by atoms with van der Waals surface area (Å²) >= 11 is 0. The normalized spacial score (nSPS) is 15.3. The quantitative estimate of drug-likeness (QED) is 0.840. The Bertz CT molecular complexity index is 469. The second-order valence-corrected chi connectivity index (χ2v) is 6.21. The number of benzene rings is 1. The minimum atomic E-state index is 0.101. The van der Waals surface area contributed by atoms with Crippen LogP contribution in [0.25, 0.3) is 0 Å². The number of aliphatic hydroxyl groups is 1. The van der Waals surface area contributed by atoms with E-state index in [1.54, 1.807) is 0 Å². The summed E-state index contributed by atoms with van der Waals surface area (Å²) in [6, 6.07) is 2.27. The maximum atomic E-state index is 9.71. The molecule has 1 aliphatic rings. The molecule has 0 aromatic heterocycles. The van der Waals surface area contributed by atoms with Crippen molar-refractivity contribution in [1.29, 1.82) is 0 Å². The molecule has 3 heteroatoms. The molecule has 0 saturated carbocycles. The zero-order valence-corrected chi connectivity index (χ0v) is 12.9. The second kappa shape index (κ2) is 6.59. The summed E-state index contributed by atoms with van der Waals surface area (Å²) < 4.78 is 5.86. The van der Waals surface area contributed by atoms with Gasteiger partial charge in [0.25, 0.3) is 0 Å². The monoisotopic (exact) mass is 277 g/mol. The first kappa shape index (κ1) is 15.3. The molecule has 20 heavy (non-hydrogen) atoms. The number of ether oxygens (including phenoxy) is 1. The lowest BCUT2D eigenvalue weighted by Crippen LogP contribution is -2.22. The Morgan fingerprint density at radius 3 is 2.65 bits per heavy atom. The summed E-state index contributed by atoms with van der Waals surface area (Å²) in [4.78, 5) is 0. The molecular weight excluding hydrogens is 250 g/mol. The highest BCUT2D eigenvalue weighted by Gasteiger charge is 2.24. The van der Waals surface area contributed by atoms with Gasteiger partial charge in [-0.25, -0.2) is 0 Å². The largest absolute Gasteiger partial charge is 0.493 e. The summed E-state index contributed by atoms with van der Waals surface area (Å²) in [5.74, 6) is 1.62. The lowest BCUT2D eigenvalue weighted by Gasteiger charge is -2.19. The smallest absolute Gasteiger partial charge is 0.126 e. The van der Waals surface area contributed by atoms with Crippen LogP contribution >= 0.6 is 0 Å². The Kier molecular flexibility index (Phi) is 5.06. The highest BCUT2D eigenvalue weighted by atomic mass is 16.5. The molecule has 112 valence electrons. The van der Waals surface area contributed by atoms with Gasteiger partial charge in [0.2, 0.25) is 0 Å². The highest BCUT2D eigenvalue weighted by molar-refractivity contribution is 5.53. The van der Waals surface area contributed by atoms with Crippen molar-refractivity contribution in [3.05, 3.63) is 28.3 Å². The molecular formula is C17H27NO2. The number of hydrogen-bond donors (Lipinski definition) is 2. The van der Waals surface area contributed by atoms with Crippen molar-refractivity contribution in [3.8, 4) is 5.75 Å². The minimum absolute atomic E-state index is 0.101. The van der Waals surface area contributed by atoms with E-state index >= 15 is 0 Å². The summed E-state index contributed by atoms with van der Waals surface area (Å²) in [5.41, 5.74) is 10.9. The fraction of sp³-hybridized carbons (Fsp3) is 0.647. The molecule has 1 heterocycles. The molecule has 3 nitrogen and oxygen atoms in total. The lowest BCUT2D eigenvalue weighted by atomic mass is 9.88. The van der Waals surface area contributed by atoms with Crippen LogP contribution in [0.1, 0.15) is 49.4 Å². The van der Waals surface area contributed by atoms with Crippen LogP contribution in [-0.2, 0) is 25.9 Å². The van der Waals surface area contributed by atoms with Gasteiger partial charge in [-0.05, 0) is 47.9 Å². The Hall–Kier alpha value is -1.06. The van der Waals surface area contributed by atoms with E-state index in [-0.39, 0.29) is 12.6 Å². The molecule has 0 radical (unpaired) electrons. The van der Waals surface area contributed by atoms with Crippen molar-refractivity contribution in [2.24, 2.45) is 11.7 Å². The lowest BCUT2D eigenvalue weighted by molar-refractivity contribution is 0.279. The van der Waals surface area contributed by atoms with Gasteiger partial charge in [0, 0.05) is 18.0 Å². The molecule has 1 aliphatic heterocycles. The van der Waals surface area contributed by atoms with E-state index in [1.807, 2.05) is 0 Å². The van der Waals surface area contributed by atoms with Crippen LogP contribution in [0.5, 0.6) is 5.75 Å². The van der Waals surface area contributed by atoms with Crippen molar-refractivity contribution >= 4 is 0 Å². The van der Waals surface area contributed by atoms with Gasteiger partial charge in [-0.2, -0.15) is 0 Å². The predicted molar refractivity (Wildman–Crippen MR) is 82.1 cm³/mol. The second-order valence-electron chi connectivity index (χ2n) is 6.21. The van der Waals surface area contributed by atoms with E-state index < -0.39 is 0 Å². The van der Waals surface area contributed by atoms with Crippen molar-refractivity contribution in [1.82, 2.24) is 0 Å². The Morgan fingerprint density at radius 2 is 2.05 bits per heavy atom. The Balaban J connectivity index is 2.43. The third-order valence-electron chi connectivity index (χ3n) is 4.05. The molecule has 0 amide bonds. The molecule has 0 spiro atoms. The van der Waals surface area contributed by atoms with Crippen molar-refractivity contribution < 1.29 is 9.84 Å². The first-order valence-corrected chi connectivity index (χ1v) is 7.72. The Labute approximate surface area is 122 Å². The van der Waals surface area contributed by atoms with Gasteiger partial charge in [-0.3, -0.25) is 0 Å². The molecule has 0 aliphatic carbocycles. The maximum Gasteiger partial charge on any atom is 0.126 e. The number of hydrogen-bond acceptors (Lipinski definition) is 3. The molecule has 2 rings (SSSR count). The summed E-state index contributed by atoms with van der Waals surface area (Å²) in [6.07, 6.45) is 3.74. The molecule has 1 unspecified atom stereocenters. The average molecular weight is 277 g/mol. The first-order chi connectivity index (χ1) is 9.56. The number of fused-ring (bicyclic) bond motifs is 1. The third-order valence-corrected chi connectivity index (χ3v) is 4.05. The molecule has 1 aromatic carbocycles.